The van der Waals surface area contributed by atoms with E-state index in [1.807, 2.05) is 0 Å². The number of benzene rings is 3. The summed E-state index contributed by atoms with van der Waals surface area (Å²) >= 11 is 0. The topological polar surface area (TPSA) is 63.4 Å². The van der Waals surface area contributed by atoms with E-state index in [0.717, 1.165) is 23.1 Å². The number of halogens is 4. The highest BCUT2D eigenvalue weighted by molar-refractivity contribution is 5.97. The van der Waals surface area contributed by atoms with Crippen LogP contribution in [-0.2, 0) is 17.5 Å². The fourth-order valence-corrected chi connectivity index (χ4v) is 3.25. The Hall–Kier alpha value is -3.68. The molecule has 0 fully saturated rings. The number of alkyl halides is 3. The molecular weight excluding hydrogens is 412 g/mol. The maximum absolute atomic E-state index is 14.3. The van der Waals surface area contributed by atoms with Gasteiger partial charge in [0.15, 0.2) is 0 Å². The third kappa shape index (κ3) is 5.09. The Balaban J connectivity index is 2.09. The molecule has 2 amide bonds. The van der Waals surface area contributed by atoms with Gasteiger partial charge in [0.2, 0.25) is 5.91 Å². The second-order valence-corrected chi connectivity index (χ2v) is 6.83. The van der Waals surface area contributed by atoms with Crippen LogP contribution in [0.2, 0.25) is 0 Å². The van der Waals surface area contributed by atoms with Crippen molar-refractivity contribution in [2.75, 3.05) is 0 Å². The second-order valence-electron chi connectivity index (χ2n) is 6.83. The summed E-state index contributed by atoms with van der Waals surface area (Å²) in [5, 5.41) is 0. The van der Waals surface area contributed by atoms with Gasteiger partial charge in [-0.05, 0) is 35.4 Å². The van der Waals surface area contributed by atoms with Gasteiger partial charge >= 0.3 is 6.18 Å². The van der Waals surface area contributed by atoms with Crippen molar-refractivity contribution in [2.24, 2.45) is 5.73 Å². The minimum Gasteiger partial charge on any atom is -0.368 e. The quantitative estimate of drug-likeness (QED) is 0.576. The van der Waals surface area contributed by atoms with Gasteiger partial charge in [0, 0.05) is 6.54 Å². The number of hydrogen-bond donors (Lipinski definition) is 1. The number of carbonyl (C=O) groups excluding carboxylic acids is 2. The minimum atomic E-state index is -4.58. The number of amides is 2. The van der Waals surface area contributed by atoms with Crippen molar-refractivity contribution in [3.8, 4) is 0 Å². The van der Waals surface area contributed by atoms with Crippen molar-refractivity contribution >= 4 is 11.8 Å². The van der Waals surface area contributed by atoms with Gasteiger partial charge in [0.1, 0.15) is 11.9 Å². The summed E-state index contributed by atoms with van der Waals surface area (Å²) in [7, 11) is 0. The number of nitrogens with zero attached hydrogens (tertiary/aromatic N) is 1. The molecule has 0 saturated heterocycles. The number of carbonyl (C=O) groups is 2. The first-order chi connectivity index (χ1) is 14.7. The first-order valence-electron chi connectivity index (χ1n) is 9.24. The Kier molecular flexibility index (Phi) is 6.39. The van der Waals surface area contributed by atoms with Crippen molar-refractivity contribution < 1.29 is 27.2 Å². The molecular formula is C23H18F4N2O2. The number of nitrogens with two attached hydrogens (primary N) is 1. The molecule has 160 valence electrons. The lowest BCUT2D eigenvalue weighted by Crippen LogP contribution is -2.41. The molecule has 0 unspecified atom stereocenters. The molecule has 31 heavy (non-hydrogen) atoms. The Labute approximate surface area is 175 Å². The first-order valence-corrected chi connectivity index (χ1v) is 9.24. The molecule has 0 radical (unpaired) electrons. The lowest BCUT2D eigenvalue weighted by Gasteiger charge is -2.30. The summed E-state index contributed by atoms with van der Waals surface area (Å²) in [6, 6.07) is 16.3. The van der Waals surface area contributed by atoms with Crippen molar-refractivity contribution in [3.05, 3.63) is 107 Å². The monoisotopic (exact) mass is 430 g/mol. The third-order valence-corrected chi connectivity index (χ3v) is 4.67. The minimum absolute atomic E-state index is 0.113. The van der Waals surface area contributed by atoms with Gasteiger partial charge in [-0.2, -0.15) is 13.2 Å². The third-order valence-electron chi connectivity index (χ3n) is 4.67. The largest absolute Gasteiger partial charge is 0.416 e. The molecule has 0 saturated carbocycles. The standard InChI is InChI=1S/C23H18F4N2O2/c24-19-12-5-4-11-18(19)22(31)29(20(21(28)30)16-8-2-1-3-9-16)14-15-7-6-10-17(13-15)23(25,26)27/h1-13,20H,14H2,(H2,28,30)/t20-/m1/s1. The van der Waals surface area contributed by atoms with Crippen molar-refractivity contribution in [1.82, 2.24) is 4.90 Å². The van der Waals surface area contributed by atoms with E-state index in [1.165, 1.54) is 30.3 Å². The number of hydrogen-bond acceptors (Lipinski definition) is 2. The predicted octanol–water partition coefficient (Wildman–Crippen LogP) is 4.71. The van der Waals surface area contributed by atoms with Crippen LogP contribution in [0.5, 0.6) is 0 Å². The van der Waals surface area contributed by atoms with Crippen molar-refractivity contribution in [1.29, 1.82) is 0 Å². The van der Waals surface area contributed by atoms with Crippen molar-refractivity contribution in [2.45, 2.75) is 18.8 Å². The smallest absolute Gasteiger partial charge is 0.368 e. The second kappa shape index (κ2) is 8.99. The lowest BCUT2D eigenvalue weighted by atomic mass is 10.0. The van der Waals surface area contributed by atoms with Gasteiger partial charge in [-0.1, -0.05) is 54.6 Å². The molecule has 3 aromatic carbocycles. The zero-order valence-electron chi connectivity index (χ0n) is 16.1. The molecule has 8 heteroatoms. The van der Waals surface area contributed by atoms with E-state index < -0.39 is 35.4 Å². The van der Waals surface area contributed by atoms with Crippen LogP contribution in [0.3, 0.4) is 0 Å². The Morgan fingerprint density at radius 3 is 2.16 bits per heavy atom. The highest BCUT2D eigenvalue weighted by Crippen LogP contribution is 2.31. The molecule has 2 N–H and O–H groups in total. The summed E-state index contributed by atoms with van der Waals surface area (Å²) in [5.41, 5.74) is 4.81. The van der Waals surface area contributed by atoms with Gasteiger partial charge in [0.25, 0.3) is 5.91 Å². The van der Waals surface area contributed by atoms with Crippen LogP contribution in [0.1, 0.15) is 33.1 Å². The van der Waals surface area contributed by atoms with Gasteiger partial charge in [-0.25, -0.2) is 4.39 Å². The molecule has 3 rings (SSSR count). The molecule has 0 aliphatic carbocycles. The summed E-state index contributed by atoms with van der Waals surface area (Å²) in [6.45, 7) is -0.389. The van der Waals surface area contributed by atoms with E-state index in [2.05, 4.69) is 0 Å². The van der Waals surface area contributed by atoms with Gasteiger partial charge in [-0.15, -0.1) is 0 Å². The van der Waals surface area contributed by atoms with Crippen LogP contribution < -0.4 is 5.73 Å². The summed E-state index contributed by atoms with van der Waals surface area (Å²) in [6.07, 6.45) is -4.58. The van der Waals surface area contributed by atoms with Crippen LogP contribution in [0.15, 0.2) is 78.9 Å². The fraction of sp³-hybridized carbons (Fsp3) is 0.130. The highest BCUT2D eigenvalue weighted by atomic mass is 19.4. The summed E-state index contributed by atoms with van der Waals surface area (Å²) in [4.78, 5) is 26.5. The van der Waals surface area contributed by atoms with Crippen molar-refractivity contribution in [3.63, 3.8) is 0 Å². The maximum Gasteiger partial charge on any atom is 0.416 e. The highest BCUT2D eigenvalue weighted by Gasteiger charge is 2.33. The van der Waals surface area contributed by atoms with Crippen LogP contribution in [-0.4, -0.2) is 16.7 Å². The van der Waals surface area contributed by atoms with Crippen LogP contribution in [0.4, 0.5) is 17.6 Å². The molecule has 0 spiro atoms. The van der Waals surface area contributed by atoms with Crippen LogP contribution in [0.25, 0.3) is 0 Å². The molecule has 4 nitrogen and oxygen atoms in total. The zero-order valence-corrected chi connectivity index (χ0v) is 16.1. The summed E-state index contributed by atoms with van der Waals surface area (Å²) < 4.78 is 53.7. The Morgan fingerprint density at radius 1 is 0.903 bits per heavy atom. The SMILES string of the molecule is NC(=O)[C@@H](c1ccccc1)N(Cc1cccc(C(F)(F)F)c1)C(=O)c1ccccc1F. The lowest BCUT2D eigenvalue weighted by molar-refractivity contribution is -0.137. The fourth-order valence-electron chi connectivity index (χ4n) is 3.25. The van der Waals surface area contributed by atoms with Gasteiger partial charge in [0.05, 0.1) is 11.1 Å². The molecule has 0 heterocycles. The van der Waals surface area contributed by atoms with Crippen LogP contribution >= 0.6 is 0 Å². The van der Waals surface area contributed by atoms with E-state index in [-0.39, 0.29) is 17.7 Å². The molecule has 1 atom stereocenters. The van der Waals surface area contributed by atoms with E-state index in [1.54, 1.807) is 30.3 Å². The summed E-state index contributed by atoms with van der Waals surface area (Å²) in [5.74, 6) is -2.59. The zero-order chi connectivity index (χ0) is 22.6. The predicted molar refractivity (Wildman–Crippen MR) is 106 cm³/mol. The molecule has 0 bridgehead atoms. The average Bonchev–Trinajstić information content (AvgIpc) is 2.73. The van der Waals surface area contributed by atoms with E-state index in [4.69, 9.17) is 5.73 Å². The average molecular weight is 430 g/mol. The Morgan fingerprint density at radius 2 is 1.55 bits per heavy atom. The molecule has 0 aliphatic rings. The number of primary amides is 1. The van der Waals surface area contributed by atoms with Gasteiger partial charge < -0.3 is 10.6 Å². The Bertz CT molecular complexity index is 1080. The maximum atomic E-state index is 14.3. The van der Waals surface area contributed by atoms with Gasteiger partial charge in [-0.3, -0.25) is 9.59 Å². The molecule has 0 aliphatic heterocycles. The first kappa shape index (κ1) is 22.0. The molecule has 3 aromatic rings. The number of rotatable bonds is 6. The van der Waals surface area contributed by atoms with E-state index in [0.29, 0.717) is 5.56 Å². The van der Waals surface area contributed by atoms with Crippen LogP contribution in [0, 0.1) is 5.82 Å². The molecule has 0 aromatic heterocycles. The van der Waals surface area contributed by atoms with E-state index in [9.17, 15) is 27.2 Å². The normalized spacial score (nSPS) is 12.3. The van der Waals surface area contributed by atoms with E-state index >= 15 is 0 Å².